The standard InChI is InChI=1S/C28H42F2O3.2C13H10O2/c1-21(2)33-27(31)18-11-6-5-8-13-23-14-12-17-25(23)26(19-29)22(3)28(4,30)20-32-24-15-9-7-10-16-24;2*14-13(15)12-8-6-11(7-9-12)10-4-2-1-3-5-10/h5,7-10,15-16,21-23,25-26H,6,11-14,17-20H2,1-4H3;2*1-9H,(H,14,15)/b8-5-;;/t22?,23-,25-,26?,28?;;/m0../s1. The van der Waals surface area contributed by atoms with E-state index in [2.05, 4.69) is 12.2 Å². The van der Waals surface area contributed by atoms with Crippen molar-refractivity contribution in [2.75, 3.05) is 13.3 Å². The van der Waals surface area contributed by atoms with E-state index in [1.807, 2.05) is 124 Å². The number of carboxylic acids is 2. The van der Waals surface area contributed by atoms with Crippen LogP contribution in [0.4, 0.5) is 8.78 Å². The van der Waals surface area contributed by atoms with Gasteiger partial charge in [-0.3, -0.25) is 9.18 Å². The predicted octanol–water partition coefficient (Wildman–Crippen LogP) is 13.6. The Hall–Kier alpha value is -6.09. The molecule has 0 bridgehead atoms. The largest absolute Gasteiger partial charge is 0.490 e. The van der Waals surface area contributed by atoms with Gasteiger partial charge in [0, 0.05) is 6.42 Å². The molecule has 6 rings (SSSR count). The molecule has 0 spiro atoms. The Bertz CT molecular complexity index is 2030. The molecular weight excluding hydrogens is 799 g/mol. The fourth-order valence-electron chi connectivity index (χ4n) is 7.81. The third kappa shape index (κ3) is 16.6. The number of carbonyl (C=O) groups is 3. The number of hydrogen-bond acceptors (Lipinski definition) is 5. The highest BCUT2D eigenvalue weighted by Crippen LogP contribution is 2.45. The number of para-hydroxylation sites is 1. The van der Waals surface area contributed by atoms with Crippen molar-refractivity contribution in [2.24, 2.45) is 23.7 Å². The van der Waals surface area contributed by atoms with Gasteiger partial charge in [0.15, 0.2) is 0 Å². The number of aromatic carboxylic acids is 2. The number of rotatable bonds is 18. The van der Waals surface area contributed by atoms with Gasteiger partial charge in [0.25, 0.3) is 0 Å². The quantitative estimate of drug-likeness (QED) is 0.0513. The average molecular weight is 861 g/mol. The molecule has 3 unspecified atom stereocenters. The number of allylic oxidation sites excluding steroid dienone is 2. The van der Waals surface area contributed by atoms with E-state index in [1.165, 1.54) is 6.92 Å². The van der Waals surface area contributed by atoms with Crippen molar-refractivity contribution < 1.29 is 42.9 Å². The molecule has 1 aliphatic carbocycles. The van der Waals surface area contributed by atoms with Gasteiger partial charge < -0.3 is 19.7 Å². The summed E-state index contributed by atoms with van der Waals surface area (Å²) in [5.41, 5.74) is 3.26. The zero-order valence-corrected chi connectivity index (χ0v) is 36.9. The maximum atomic E-state index is 15.6. The van der Waals surface area contributed by atoms with Gasteiger partial charge in [0.1, 0.15) is 18.0 Å². The molecule has 0 heterocycles. The van der Waals surface area contributed by atoms with Crippen LogP contribution in [0.15, 0.2) is 152 Å². The van der Waals surface area contributed by atoms with Crippen LogP contribution in [-0.4, -0.2) is 53.2 Å². The number of alkyl halides is 2. The summed E-state index contributed by atoms with van der Waals surface area (Å²) < 4.78 is 40.6. The molecule has 5 aromatic carbocycles. The lowest BCUT2D eigenvalue weighted by Gasteiger charge is -2.37. The van der Waals surface area contributed by atoms with E-state index < -0.39 is 30.2 Å². The van der Waals surface area contributed by atoms with Gasteiger partial charge in [-0.2, -0.15) is 0 Å². The number of carbonyl (C=O) groups excluding carboxylic acids is 1. The second-order valence-electron chi connectivity index (χ2n) is 16.5. The average Bonchev–Trinajstić information content (AvgIpc) is 3.76. The zero-order chi connectivity index (χ0) is 45.6. The Balaban J connectivity index is 0.000000238. The van der Waals surface area contributed by atoms with Gasteiger partial charge in [-0.15, -0.1) is 0 Å². The summed E-state index contributed by atoms with van der Waals surface area (Å²) in [5, 5.41) is 17.5. The summed E-state index contributed by atoms with van der Waals surface area (Å²) in [5.74, 6) is -1.50. The Morgan fingerprint density at radius 2 is 1.17 bits per heavy atom. The van der Waals surface area contributed by atoms with E-state index in [0.717, 1.165) is 60.8 Å². The molecule has 63 heavy (non-hydrogen) atoms. The van der Waals surface area contributed by atoms with Crippen molar-refractivity contribution in [2.45, 2.75) is 84.4 Å². The van der Waals surface area contributed by atoms with E-state index in [9.17, 15) is 18.8 Å². The number of unbranched alkanes of at least 4 members (excludes halogenated alkanes) is 1. The maximum absolute atomic E-state index is 15.6. The molecule has 0 radical (unpaired) electrons. The topological polar surface area (TPSA) is 110 Å². The van der Waals surface area contributed by atoms with Gasteiger partial charge in [-0.05, 0) is 135 Å². The summed E-state index contributed by atoms with van der Waals surface area (Å²) in [6.07, 6.45) is 10.2. The normalized spacial score (nSPS) is 16.4. The molecule has 1 aliphatic rings. The smallest absolute Gasteiger partial charge is 0.335 e. The molecule has 1 saturated carbocycles. The third-order valence-corrected chi connectivity index (χ3v) is 11.5. The minimum Gasteiger partial charge on any atom is -0.490 e. The number of halogens is 2. The number of ether oxygens (including phenoxy) is 2. The van der Waals surface area contributed by atoms with Gasteiger partial charge >= 0.3 is 17.9 Å². The number of carboxylic acid groups (broad SMARTS) is 2. The van der Waals surface area contributed by atoms with Crippen molar-refractivity contribution in [1.29, 1.82) is 0 Å². The molecular formula is C54H62F2O7. The number of benzene rings is 5. The lowest BCUT2D eigenvalue weighted by molar-refractivity contribution is -0.147. The highest BCUT2D eigenvalue weighted by Gasteiger charge is 2.43. The van der Waals surface area contributed by atoms with Crippen molar-refractivity contribution >= 4 is 17.9 Å². The van der Waals surface area contributed by atoms with Crippen LogP contribution >= 0.6 is 0 Å². The first kappa shape index (κ1) is 49.6. The molecule has 0 amide bonds. The van der Waals surface area contributed by atoms with E-state index in [0.29, 0.717) is 29.2 Å². The van der Waals surface area contributed by atoms with Crippen LogP contribution < -0.4 is 4.74 Å². The highest BCUT2D eigenvalue weighted by molar-refractivity contribution is 5.89. The van der Waals surface area contributed by atoms with Crippen LogP contribution in [0.1, 0.15) is 93.4 Å². The van der Waals surface area contributed by atoms with Crippen molar-refractivity contribution in [3.05, 3.63) is 163 Å². The summed E-state index contributed by atoms with van der Waals surface area (Å²) in [6.45, 7) is 6.49. The van der Waals surface area contributed by atoms with E-state index >= 15 is 4.39 Å². The summed E-state index contributed by atoms with van der Waals surface area (Å²) in [6, 6.07) is 42.7. The predicted molar refractivity (Wildman–Crippen MR) is 247 cm³/mol. The lowest BCUT2D eigenvalue weighted by Crippen LogP contribution is -2.42. The molecule has 0 saturated heterocycles. The molecule has 334 valence electrons. The van der Waals surface area contributed by atoms with Crippen LogP contribution in [0.2, 0.25) is 0 Å². The van der Waals surface area contributed by atoms with Gasteiger partial charge in [-0.1, -0.05) is 129 Å². The second-order valence-corrected chi connectivity index (χ2v) is 16.5. The molecule has 2 N–H and O–H groups in total. The van der Waals surface area contributed by atoms with Crippen LogP contribution in [0, 0.1) is 23.7 Å². The summed E-state index contributed by atoms with van der Waals surface area (Å²) >= 11 is 0. The molecule has 5 aromatic rings. The first-order valence-electron chi connectivity index (χ1n) is 21.8. The number of esters is 1. The summed E-state index contributed by atoms with van der Waals surface area (Å²) in [7, 11) is 0. The van der Waals surface area contributed by atoms with Crippen LogP contribution in [0.25, 0.3) is 22.3 Å². The fourth-order valence-corrected chi connectivity index (χ4v) is 7.81. The molecule has 0 aromatic heterocycles. The lowest BCUT2D eigenvalue weighted by atomic mass is 9.71. The molecule has 0 aliphatic heterocycles. The Labute approximate surface area is 371 Å². The SMILES string of the molecule is CC(C)OC(=O)CCC/C=C\C[C@H]1CCC[C@@H]1C(CF)C(C)C(C)(F)COc1ccccc1.O=C(O)c1ccc(-c2ccccc2)cc1.O=C(O)c1ccc(-c2ccccc2)cc1. The second kappa shape index (κ2) is 25.8. The Kier molecular flexibility index (Phi) is 20.3. The minimum absolute atomic E-state index is 0.0748. The van der Waals surface area contributed by atoms with Gasteiger partial charge in [-0.25, -0.2) is 14.0 Å². The van der Waals surface area contributed by atoms with Crippen LogP contribution in [0.3, 0.4) is 0 Å². The van der Waals surface area contributed by atoms with Gasteiger partial charge in [0.05, 0.1) is 23.9 Å². The van der Waals surface area contributed by atoms with Gasteiger partial charge in [0.2, 0.25) is 0 Å². The van der Waals surface area contributed by atoms with Crippen LogP contribution in [-0.2, 0) is 9.53 Å². The number of hydrogen-bond donors (Lipinski definition) is 2. The third-order valence-electron chi connectivity index (χ3n) is 11.5. The van der Waals surface area contributed by atoms with Crippen molar-refractivity contribution in [1.82, 2.24) is 0 Å². The van der Waals surface area contributed by atoms with Crippen molar-refractivity contribution in [3.63, 3.8) is 0 Å². The maximum Gasteiger partial charge on any atom is 0.335 e. The Morgan fingerprint density at radius 3 is 1.63 bits per heavy atom. The highest BCUT2D eigenvalue weighted by atomic mass is 19.1. The summed E-state index contributed by atoms with van der Waals surface area (Å²) in [4.78, 5) is 32.9. The first-order valence-corrected chi connectivity index (χ1v) is 21.8. The fraction of sp³-hybridized carbons (Fsp3) is 0.352. The zero-order valence-electron chi connectivity index (χ0n) is 36.9. The van der Waals surface area contributed by atoms with Crippen molar-refractivity contribution in [3.8, 4) is 28.0 Å². The monoisotopic (exact) mass is 860 g/mol. The van der Waals surface area contributed by atoms with Crippen LogP contribution in [0.5, 0.6) is 5.75 Å². The minimum atomic E-state index is -1.61. The first-order chi connectivity index (χ1) is 30.3. The Morgan fingerprint density at radius 1 is 0.698 bits per heavy atom. The molecule has 1 fully saturated rings. The molecule has 9 heteroatoms. The van der Waals surface area contributed by atoms with E-state index in [1.54, 1.807) is 36.4 Å². The molecule has 5 atom stereocenters. The van der Waals surface area contributed by atoms with E-state index in [-0.39, 0.29) is 30.5 Å². The molecule has 7 nitrogen and oxygen atoms in total. The van der Waals surface area contributed by atoms with E-state index in [4.69, 9.17) is 19.7 Å².